The van der Waals surface area contributed by atoms with Crippen LogP contribution in [0, 0.1) is 53.3 Å². The van der Waals surface area contributed by atoms with Gasteiger partial charge in [-0.3, -0.25) is 4.79 Å². The average Bonchev–Trinajstić information content (AvgIpc) is 3.40. The number of rotatable bonds is 12. The Hall–Kier alpha value is -0.140. The van der Waals surface area contributed by atoms with Crippen molar-refractivity contribution in [1.29, 1.82) is 0 Å². The Morgan fingerprint density at radius 1 is 0.956 bits per heavy atom. The Kier molecular flexibility index (Phi) is 13.8. The van der Waals surface area contributed by atoms with Gasteiger partial charge in [0.1, 0.15) is 5.78 Å². The molecule has 3 aliphatic heterocycles. The fraction of sp³-hybridized carbons (Fsp3) is 0.941. The van der Waals surface area contributed by atoms with Gasteiger partial charge in [-0.1, -0.05) is 62.3 Å². The summed E-state index contributed by atoms with van der Waals surface area (Å²) in [6.45, 7) is 20.0. The second-order valence-electron chi connectivity index (χ2n) is 14.9. The molecule has 0 bridgehead atoms. The summed E-state index contributed by atoms with van der Waals surface area (Å²) in [4.78, 5) is 25.7. The molecular weight excluding hydrogens is 591 g/mol. The third-order valence-electron chi connectivity index (χ3n) is 12.1. The first-order chi connectivity index (χ1) is 20.2. The Labute approximate surface area is 292 Å². The summed E-state index contributed by atoms with van der Waals surface area (Å²) in [7, 11) is 0. The molecule has 45 heavy (non-hydrogen) atoms. The van der Waals surface area contributed by atoms with Gasteiger partial charge in [-0.25, -0.2) is 0 Å². The predicted octanol–water partition coefficient (Wildman–Crippen LogP) is -0.331. The van der Waals surface area contributed by atoms with E-state index in [0.717, 1.165) is 0 Å². The third-order valence-corrected chi connectivity index (χ3v) is 12.1. The standard InChI is InChI=1S/C34H60O10.Na/c1-12-24(29-17(4)15-32(11,42-29)25-21(8)33(13-2,23(10)35)44-31(25)40)27(37)19(6)26(36)20(7)28-16(3)14-18(5)34(41,43-28)22(9)30(38)39;/h16-26,28-29,31,35-36,40-41H,12-15H2,1-11H3,(H,38,39);/q;+1/p-1/t16-,17-,18+,19-,20+,21-,22+,23+,24+,25?,26+,28-,29-,31-,32?,33+,34-;/m0./s1. The molecule has 2 unspecified atom stereocenters. The van der Waals surface area contributed by atoms with Crippen LogP contribution >= 0.6 is 0 Å². The quantitative estimate of drug-likeness (QED) is 0.206. The number of hydrogen-bond donors (Lipinski definition) is 4. The fourth-order valence-corrected chi connectivity index (χ4v) is 9.28. The van der Waals surface area contributed by atoms with Crippen molar-refractivity contribution < 1.29 is 78.9 Å². The number of aliphatic hydroxyl groups is 4. The van der Waals surface area contributed by atoms with E-state index in [-0.39, 0.29) is 53.1 Å². The summed E-state index contributed by atoms with van der Waals surface area (Å²) < 4.78 is 18.9. The molecule has 3 rings (SSSR count). The van der Waals surface area contributed by atoms with Crippen LogP contribution in [-0.4, -0.2) is 79.9 Å². The number of ether oxygens (including phenoxy) is 3. The zero-order chi connectivity index (χ0) is 33.7. The van der Waals surface area contributed by atoms with Gasteiger partial charge in [0, 0.05) is 41.5 Å². The normalized spacial score (nSPS) is 44.3. The van der Waals surface area contributed by atoms with E-state index in [0.29, 0.717) is 25.7 Å². The molecule has 0 aromatic carbocycles. The second kappa shape index (κ2) is 15.2. The number of aliphatic hydroxyl groups excluding tert-OH is 3. The van der Waals surface area contributed by atoms with E-state index in [1.165, 1.54) is 6.92 Å². The van der Waals surface area contributed by atoms with Gasteiger partial charge in [-0.2, -0.15) is 0 Å². The first-order valence-electron chi connectivity index (χ1n) is 16.8. The van der Waals surface area contributed by atoms with Gasteiger partial charge in [0.05, 0.1) is 35.6 Å². The molecule has 0 amide bonds. The van der Waals surface area contributed by atoms with Gasteiger partial charge >= 0.3 is 29.6 Å². The molecule has 4 N–H and O–H groups in total. The molecule has 3 heterocycles. The van der Waals surface area contributed by atoms with Crippen molar-refractivity contribution in [2.45, 2.75) is 150 Å². The van der Waals surface area contributed by atoms with E-state index in [9.17, 15) is 35.1 Å². The van der Waals surface area contributed by atoms with E-state index in [4.69, 9.17) is 14.2 Å². The molecule has 3 saturated heterocycles. The van der Waals surface area contributed by atoms with Gasteiger partial charge in [-0.15, -0.1) is 0 Å². The Morgan fingerprint density at radius 2 is 1.53 bits per heavy atom. The minimum Gasteiger partial charge on any atom is -0.550 e. The maximum Gasteiger partial charge on any atom is 1.00 e. The largest absolute Gasteiger partial charge is 1.00 e. The first-order valence-corrected chi connectivity index (χ1v) is 16.8. The number of carbonyl (C=O) groups is 2. The molecule has 0 aliphatic carbocycles. The van der Waals surface area contributed by atoms with Crippen LogP contribution in [0.3, 0.4) is 0 Å². The van der Waals surface area contributed by atoms with E-state index in [1.54, 1.807) is 27.7 Å². The van der Waals surface area contributed by atoms with Gasteiger partial charge in [-0.05, 0) is 57.3 Å². The molecule has 3 fully saturated rings. The van der Waals surface area contributed by atoms with E-state index in [2.05, 4.69) is 0 Å². The minimum absolute atomic E-state index is 0. The second-order valence-corrected chi connectivity index (χ2v) is 14.9. The maximum atomic E-state index is 14.1. The molecule has 0 aromatic rings. The Balaban J connectivity index is 0.00000705. The monoisotopic (exact) mass is 650 g/mol. The summed E-state index contributed by atoms with van der Waals surface area (Å²) in [5.74, 6) is -7.79. The van der Waals surface area contributed by atoms with Gasteiger partial charge in [0.2, 0.25) is 0 Å². The van der Waals surface area contributed by atoms with Crippen molar-refractivity contribution >= 4 is 11.8 Å². The Morgan fingerprint density at radius 3 is 2.00 bits per heavy atom. The topological polar surface area (TPSA) is 166 Å². The zero-order valence-electron chi connectivity index (χ0n) is 29.6. The molecule has 11 heteroatoms. The predicted molar refractivity (Wildman–Crippen MR) is 162 cm³/mol. The molecule has 0 saturated carbocycles. The zero-order valence-corrected chi connectivity index (χ0v) is 31.6. The fourth-order valence-electron chi connectivity index (χ4n) is 9.28. The first kappa shape index (κ1) is 41.0. The smallest absolute Gasteiger partial charge is 0.550 e. The van der Waals surface area contributed by atoms with E-state index < -0.39 is 89.2 Å². The van der Waals surface area contributed by atoms with Gasteiger partial charge in [0.15, 0.2) is 12.1 Å². The average molecular weight is 651 g/mol. The van der Waals surface area contributed by atoms with Crippen molar-refractivity contribution in [2.75, 3.05) is 0 Å². The van der Waals surface area contributed by atoms with Crippen molar-refractivity contribution in [1.82, 2.24) is 0 Å². The SMILES string of the molecule is CC[C@H](C(=O)[C@@H](C)[C@@H](O)[C@@H](C)[C@H]1O[C@](O)([C@H](C)C(=O)[O-])[C@H](C)C[C@@H]1C)[C@H]1OC(C)(C2[C@@H](O)O[C@@](CC)([C@@H](C)O)[C@H]2C)C[C@@H]1C.[Na+]. The number of ketones is 1. The molecule has 10 nitrogen and oxygen atoms in total. The summed E-state index contributed by atoms with van der Waals surface area (Å²) in [6.07, 6.45) is -2.00. The van der Waals surface area contributed by atoms with Gasteiger partial charge in [0.25, 0.3) is 0 Å². The minimum atomic E-state index is -1.95. The molecule has 3 aliphatic rings. The summed E-state index contributed by atoms with van der Waals surface area (Å²) in [6, 6.07) is 0. The van der Waals surface area contributed by atoms with E-state index in [1.807, 2.05) is 41.5 Å². The molecule has 0 radical (unpaired) electrons. The number of aliphatic carboxylic acids is 1. The van der Waals surface area contributed by atoms with Crippen LogP contribution in [0.15, 0.2) is 0 Å². The number of hydrogen-bond acceptors (Lipinski definition) is 10. The maximum absolute atomic E-state index is 14.1. The van der Waals surface area contributed by atoms with Crippen molar-refractivity contribution in [3.05, 3.63) is 0 Å². The third kappa shape index (κ3) is 7.26. The summed E-state index contributed by atoms with van der Waals surface area (Å²) in [5.41, 5.74) is -1.69. The number of carboxylic acid groups (broad SMARTS) is 1. The summed E-state index contributed by atoms with van der Waals surface area (Å²) >= 11 is 0. The van der Waals surface area contributed by atoms with Crippen LogP contribution in [0.1, 0.15) is 102 Å². The summed E-state index contributed by atoms with van der Waals surface area (Å²) in [5, 5.41) is 56.1. The molecule has 0 spiro atoms. The van der Waals surface area contributed by atoms with E-state index >= 15 is 0 Å². The van der Waals surface area contributed by atoms with Crippen LogP contribution in [-0.2, 0) is 23.8 Å². The van der Waals surface area contributed by atoms with Crippen LogP contribution in [0.25, 0.3) is 0 Å². The number of carboxylic acids is 1. The number of carbonyl (C=O) groups excluding carboxylic acids is 2. The van der Waals surface area contributed by atoms with Crippen LogP contribution in [0.2, 0.25) is 0 Å². The van der Waals surface area contributed by atoms with Gasteiger partial charge < -0.3 is 44.5 Å². The van der Waals surface area contributed by atoms with Crippen molar-refractivity contribution in [3.8, 4) is 0 Å². The Bertz CT molecular complexity index is 1030. The number of Topliss-reactive ketones (excluding diaryl/α,β-unsaturated/α-hetero) is 1. The molecular formula is C34H59NaO10. The molecule has 17 atom stereocenters. The van der Waals surface area contributed by atoms with Crippen molar-refractivity contribution in [3.63, 3.8) is 0 Å². The van der Waals surface area contributed by atoms with Crippen LogP contribution in [0.4, 0.5) is 0 Å². The van der Waals surface area contributed by atoms with Crippen LogP contribution in [0.5, 0.6) is 0 Å². The molecule has 256 valence electrons. The molecule has 0 aromatic heterocycles. The van der Waals surface area contributed by atoms with Crippen LogP contribution < -0.4 is 34.7 Å². The van der Waals surface area contributed by atoms with Crippen molar-refractivity contribution in [2.24, 2.45) is 53.3 Å².